The first-order valence-electron chi connectivity index (χ1n) is 4.79. The molecule has 0 fully saturated rings. The highest BCUT2D eigenvalue weighted by atomic mass is 35.5. The largest absolute Gasteiger partial charge is 0.398 e. The van der Waals surface area contributed by atoms with Gasteiger partial charge in [0.15, 0.2) is 0 Å². The fraction of sp³-hybridized carbons (Fsp3) is 0.0769. The molecule has 2 aromatic carbocycles. The van der Waals surface area contributed by atoms with E-state index in [4.69, 9.17) is 17.3 Å². The molecule has 0 aliphatic rings. The van der Waals surface area contributed by atoms with Gasteiger partial charge in [-0.3, -0.25) is 0 Å². The van der Waals surface area contributed by atoms with Crippen LogP contribution in [-0.4, -0.2) is 0 Å². The molecule has 15 heavy (non-hydrogen) atoms. The summed E-state index contributed by atoms with van der Waals surface area (Å²) in [6.45, 7) is 2.05. The summed E-state index contributed by atoms with van der Waals surface area (Å²) in [4.78, 5) is 0. The minimum absolute atomic E-state index is 0.741. The molecule has 0 aromatic heterocycles. The van der Waals surface area contributed by atoms with E-state index < -0.39 is 0 Å². The molecule has 2 heteroatoms. The molecular weight excluding hydrogens is 206 g/mol. The smallest absolute Gasteiger partial charge is 0.0406 e. The second-order valence-electron chi connectivity index (χ2n) is 3.60. The Hall–Kier alpha value is -1.47. The first-order chi connectivity index (χ1) is 7.16. The third kappa shape index (κ3) is 2.13. The van der Waals surface area contributed by atoms with Crippen LogP contribution in [0.2, 0.25) is 5.02 Å². The van der Waals surface area contributed by atoms with Crippen molar-refractivity contribution in [2.24, 2.45) is 0 Å². The monoisotopic (exact) mass is 217 g/mol. The highest BCUT2D eigenvalue weighted by Gasteiger charge is 2.02. The van der Waals surface area contributed by atoms with Gasteiger partial charge in [0.25, 0.3) is 0 Å². The molecule has 2 aromatic rings. The number of benzene rings is 2. The Morgan fingerprint density at radius 1 is 1.00 bits per heavy atom. The predicted molar refractivity (Wildman–Crippen MR) is 66.0 cm³/mol. The zero-order valence-electron chi connectivity index (χ0n) is 8.50. The van der Waals surface area contributed by atoms with Crippen molar-refractivity contribution in [3.05, 3.63) is 53.1 Å². The average molecular weight is 218 g/mol. The molecule has 0 saturated carbocycles. The molecule has 0 saturated heterocycles. The van der Waals surface area contributed by atoms with E-state index in [9.17, 15) is 0 Å². The lowest BCUT2D eigenvalue weighted by atomic mass is 10.0. The van der Waals surface area contributed by atoms with Gasteiger partial charge in [-0.2, -0.15) is 0 Å². The van der Waals surface area contributed by atoms with Crippen molar-refractivity contribution >= 4 is 17.3 Å². The van der Waals surface area contributed by atoms with Gasteiger partial charge in [0, 0.05) is 16.3 Å². The van der Waals surface area contributed by atoms with E-state index in [2.05, 4.69) is 13.0 Å². The Balaban J connectivity index is 2.53. The highest BCUT2D eigenvalue weighted by Crippen LogP contribution is 2.27. The Labute approximate surface area is 94.5 Å². The first kappa shape index (κ1) is 10.1. The topological polar surface area (TPSA) is 26.0 Å². The van der Waals surface area contributed by atoms with Gasteiger partial charge >= 0.3 is 0 Å². The van der Waals surface area contributed by atoms with E-state index in [-0.39, 0.29) is 0 Å². The number of hydrogen-bond donors (Lipinski definition) is 1. The van der Waals surface area contributed by atoms with Crippen molar-refractivity contribution in [3.8, 4) is 11.1 Å². The third-order valence-electron chi connectivity index (χ3n) is 2.36. The van der Waals surface area contributed by atoms with Crippen LogP contribution in [0.25, 0.3) is 11.1 Å². The van der Waals surface area contributed by atoms with Gasteiger partial charge in [-0.25, -0.2) is 0 Å². The maximum absolute atomic E-state index is 5.93. The van der Waals surface area contributed by atoms with Crippen LogP contribution >= 0.6 is 11.6 Å². The molecule has 0 bridgehead atoms. The van der Waals surface area contributed by atoms with Gasteiger partial charge < -0.3 is 5.73 Å². The van der Waals surface area contributed by atoms with Crippen molar-refractivity contribution in [2.45, 2.75) is 6.92 Å². The maximum Gasteiger partial charge on any atom is 0.0406 e. The summed E-state index contributed by atoms with van der Waals surface area (Å²) in [5, 5.41) is 0.741. The van der Waals surface area contributed by atoms with Gasteiger partial charge in [0.1, 0.15) is 0 Å². The molecule has 0 spiro atoms. The third-order valence-corrected chi connectivity index (χ3v) is 2.62. The van der Waals surface area contributed by atoms with Crippen LogP contribution in [0.3, 0.4) is 0 Å². The SMILES string of the molecule is Cc1ccc(N)c(-c2ccc(Cl)cc2)c1. The molecular formula is C13H12ClN. The number of halogens is 1. The Morgan fingerprint density at radius 2 is 1.67 bits per heavy atom. The molecule has 0 radical (unpaired) electrons. The van der Waals surface area contributed by atoms with Crippen molar-refractivity contribution in [1.29, 1.82) is 0 Å². The van der Waals surface area contributed by atoms with Crippen LogP contribution in [0.5, 0.6) is 0 Å². The van der Waals surface area contributed by atoms with E-state index in [0.717, 1.165) is 21.8 Å². The van der Waals surface area contributed by atoms with Gasteiger partial charge in [-0.05, 0) is 36.8 Å². The number of anilines is 1. The Bertz CT molecular complexity index is 474. The normalized spacial score (nSPS) is 10.3. The summed E-state index contributed by atoms with van der Waals surface area (Å²) in [7, 11) is 0. The second-order valence-corrected chi connectivity index (χ2v) is 4.03. The van der Waals surface area contributed by atoms with Gasteiger partial charge in [0.2, 0.25) is 0 Å². The molecule has 1 nitrogen and oxygen atoms in total. The van der Waals surface area contributed by atoms with Crippen LogP contribution in [0.15, 0.2) is 42.5 Å². The summed E-state index contributed by atoms with van der Waals surface area (Å²) < 4.78 is 0. The number of nitrogens with two attached hydrogens (primary N) is 1. The summed E-state index contributed by atoms with van der Waals surface area (Å²) >= 11 is 5.84. The lowest BCUT2D eigenvalue weighted by Crippen LogP contribution is -1.90. The van der Waals surface area contributed by atoms with E-state index in [1.165, 1.54) is 5.56 Å². The number of nitrogen functional groups attached to an aromatic ring is 1. The van der Waals surface area contributed by atoms with Crippen LogP contribution in [0, 0.1) is 6.92 Å². The Morgan fingerprint density at radius 3 is 2.33 bits per heavy atom. The fourth-order valence-electron chi connectivity index (χ4n) is 1.55. The quantitative estimate of drug-likeness (QED) is 0.721. The number of rotatable bonds is 1. The summed E-state index contributed by atoms with van der Waals surface area (Å²) in [6, 6.07) is 13.7. The fourth-order valence-corrected chi connectivity index (χ4v) is 1.68. The molecule has 0 amide bonds. The van der Waals surface area contributed by atoms with E-state index in [1.807, 2.05) is 36.4 Å². The van der Waals surface area contributed by atoms with E-state index in [1.54, 1.807) is 0 Å². The van der Waals surface area contributed by atoms with Crippen LogP contribution < -0.4 is 5.73 Å². The summed E-state index contributed by atoms with van der Waals surface area (Å²) in [5.74, 6) is 0. The van der Waals surface area contributed by atoms with E-state index in [0.29, 0.717) is 0 Å². The molecule has 0 aliphatic heterocycles. The molecule has 0 heterocycles. The van der Waals surface area contributed by atoms with Gasteiger partial charge in [-0.1, -0.05) is 35.4 Å². The zero-order chi connectivity index (χ0) is 10.8. The van der Waals surface area contributed by atoms with E-state index >= 15 is 0 Å². The minimum atomic E-state index is 0.741. The summed E-state index contributed by atoms with van der Waals surface area (Å²) in [5.41, 5.74) is 10.1. The number of hydrogen-bond acceptors (Lipinski definition) is 1. The van der Waals surface area contributed by atoms with Gasteiger partial charge in [-0.15, -0.1) is 0 Å². The summed E-state index contributed by atoms with van der Waals surface area (Å²) in [6.07, 6.45) is 0. The molecule has 0 aliphatic carbocycles. The van der Waals surface area contributed by atoms with Gasteiger partial charge in [0.05, 0.1) is 0 Å². The van der Waals surface area contributed by atoms with Crippen molar-refractivity contribution < 1.29 is 0 Å². The lowest BCUT2D eigenvalue weighted by Gasteiger charge is -2.07. The molecule has 0 atom stereocenters. The predicted octanol–water partition coefficient (Wildman–Crippen LogP) is 3.90. The lowest BCUT2D eigenvalue weighted by molar-refractivity contribution is 1.47. The minimum Gasteiger partial charge on any atom is -0.398 e. The first-order valence-corrected chi connectivity index (χ1v) is 5.17. The van der Waals surface area contributed by atoms with Crippen LogP contribution in [0.1, 0.15) is 5.56 Å². The molecule has 76 valence electrons. The number of aryl methyl sites for hydroxylation is 1. The van der Waals surface area contributed by atoms with Crippen LogP contribution in [-0.2, 0) is 0 Å². The molecule has 2 rings (SSSR count). The maximum atomic E-state index is 5.93. The molecule has 2 N–H and O–H groups in total. The second kappa shape index (κ2) is 3.95. The molecule has 0 unspecified atom stereocenters. The van der Waals surface area contributed by atoms with Crippen molar-refractivity contribution in [2.75, 3.05) is 5.73 Å². The Kier molecular flexibility index (Phi) is 2.65. The van der Waals surface area contributed by atoms with Crippen molar-refractivity contribution in [3.63, 3.8) is 0 Å². The highest BCUT2D eigenvalue weighted by molar-refractivity contribution is 6.30. The zero-order valence-corrected chi connectivity index (χ0v) is 9.25. The van der Waals surface area contributed by atoms with Crippen LogP contribution in [0.4, 0.5) is 5.69 Å². The van der Waals surface area contributed by atoms with Crippen molar-refractivity contribution in [1.82, 2.24) is 0 Å². The standard InChI is InChI=1S/C13H12ClN/c1-9-2-7-13(15)12(8-9)10-3-5-11(14)6-4-10/h2-8H,15H2,1H3. The average Bonchev–Trinajstić information content (AvgIpc) is 2.23.